The number of anilines is 1. The fourth-order valence-electron chi connectivity index (χ4n) is 1.79. The Morgan fingerprint density at radius 3 is 2.43 bits per heavy atom. The van der Waals surface area contributed by atoms with Crippen molar-refractivity contribution in [2.75, 3.05) is 11.8 Å². The van der Waals surface area contributed by atoms with E-state index < -0.39 is 10.0 Å². The molecule has 0 atom stereocenters. The third-order valence-corrected chi connectivity index (χ3v) is 4.99. The molecule has 112 valence electrons. The standard InChI is InChI=1S/C14H15IN2O3S/c1-20-13-8-10(9-16)2-7-14(13)21(18,19)17-12-5-3-11(15)4-6-12/h2-8,17H,9,16H2,1H3. The Hall–Kier alpha value is -1.32. The molecule has 0 aliphatic carbocycles. The van der Waals surface area contributed by atoms with Crippen LogP contribution < -0.4 is 15.2 Å². The van der Waals surface area contributed by atoms with E-state index in [4.69, 9.17) is 10.5 Å². The monoisotopic (exact) mass is 418 g/mol. The van der Waals surface area contributed by atoms with Gasteiger partial charge in [-0.15, -0.1) is 0 Å². The highest BCUT2D eigenvalue weighted by Gasteiger charge is 2.19. The van der Waals surface area contributed by atoms with Gasteiger partial charge in [0.05, 0.1) is 7.11 Å². The zero-order chi connectivity index (χ0) is 15.5. The number of hydrogen-bond acceptors (Lipinski definition) is 4. The quantitative estimate of drug-likeness (QED) is 0.732. The van der Waals surface area contributed by atoms with Gasteiger partial charge in [-0.2, -0.15) is 0 Å². The zero-order valence-corrected chi connectivity index (χ0v) is 14.3. The largest absolute Gasteiger partial charge is 0.495 e. The van der Waals surface area contributed by atoms with Crippen molar-refractivity contribution in [3.8, 4) is 5.75 Å². The Morgan fingerprint density at radius 1 is 1.19 bits per heavy atom. The second-order valence-electron chi connectivity index (χ2n) is 4.30. The van der Waals surface area contributed by atoms with Crippen molar-refractivity contribution in [1.29, 1.82) is 0 Å². The van der Waals surface area contributed by atoms with E-state index in [1.165, 1.54) is 13.2 Å². The number of nitrogens with one attached hydrogen (secondary N) is 1. The molecule has 3 N–H and O–H groups in total. The maximum Gasteiger partial charge on any atom is 0.265 e. The van der Waals surface area contributed by atoms with Crippen molar-refractivity contribution in [1.82, 2.24) is 0 Å². The lowest BCUT2D eigenvalue weighted by Crippen LogP contribution is -2.14. The van der Waals surface area contributed by atoms with Crippen molar-refractivity contribution in [2.45, 2.75) is 11.4 Å². The van der Waals surface area contributed by atoms with Gasteiger partial charge in [-0.1, -0.05) is 6.07 Å². The number of methoxy groups -OCH3 is 1. The predicted molar refractivity (Wildman–Crippen MR) is 90.9 cm³/mol. The molecule has 5 nitrogen and oxygen atoms in total. The van der Waals surface area contributed by atoms with E-state index in [-0.39, 0.29) is 10.6 Å². The van der Waals surface area contributed by atoms with Crippen molar-refractivity contribution in [3.63, 3.8) is 0 Å². The molecule has 21 heavy (non-hydrogen) atoms. The van der Waals surface area contributed by atoms with Crippen LogP contribution in [0, 0.1) is 3.57 Å². The van der Waals surface area contributed by atoms with Crippen LogP contribution in [0.5, 0.6) is 5.75 Å². The summed E-state index contributed by atoms with van der Waals surface area (Å²) in [5, 5.41) is 0. The number of ether oxygens (including phenoxy) is 1. The Labute approximate surface area is 137 Å². The van der Waals surface area contributed by atoms with Gasteiger partial charge in [0, 0.05) is 15.8 Å². The summed E-state index contributed by atoms with van der Waals surface area (Å²) in [5.74, 6) is 0.274. The van der Waals surface area contributed by atoms with Gasteiger partial charge < -0.3 is 10.5 Å². The first-order chi connectivity index (χ1) is 9.96. The van der Waals surface area contributed by atoms with Gasteiger partial charge in [0.25, 0.3) is 10.0 Å². The molecule has 0 saturated carbocycles. The normalized spacial score (nSPS) is 11.2. The average Bonchev–Trinajstić information content (AvgIpc) is 2.48. The average molecular weight is 418 g/mol. The molecule has 0 aliphatic heterocycles. The van der Waals surface area contributed by atoms with E-state index in [1.54, 1.807) is 24.3 Å². The van der Waals surface area contributed by atoms with Crippen molar-refractivity contribution in [2.24, 2.45) is 5.73 Å². The minimum Gasteiger partial charge on any atom is -0.495 e. The fourth-order valence-corrected chi connectivity index (χ4v) is 3.36. The Bertz CT molecular complexity index is 730. The molecule has 0 unspecified atom stereocenters. The summed E-state index contributed by atoms with van der Waals surface area (Å²) in [4.78, 5) is 0.0840. The van der Waals surface area contributed by atoms with Crippen LogP contribution in [0.1, 0.15) is 5.56 Å². The Morgan fingerprint density at radius 2 is 1.86 bits per heavy atom. The molecular formula is C14H15IN2O3S. The maximum absolute atomic E-state index is 12.4. The first-order valence-corrected chi connectivity index (χ1v) is 8.68. The Balaban J connectivity index is 2.37. The van der Waals surface area contributed by atoms with Gasteiger partial charge >= 0.3 is 0 Å². The van der Waals surface area contributed by atoms with E-state index in [2.05, 4.69) is 27.3 Å². The van der Waals surface area contributed by atoms with Gasteiger partial charge in [-0.25, -0.2) is 8.42 Å². The second kappa shape index (κ2) is 6.63. The molecule has 7 heteroatoms. The molecule has 0 aliphatic rings. The van der Waals surface area contributed by atoms with E-state index in [0.29, 0.717) is 12.2 Å². The summed E-state index contributed by atoms with van der Waals surface area (Å²) in [6, 6.07) is 11.9. The molecule has 0 aromatic heterocycles. The summed E-state index contributed by atoms with van der Waals surface area (Å²) in [6.45, 7) is 0.321. The number of rotatable bonds is 5. The molecule has 2 aromatic carbocycles. The van der Waals surface area contributed by atoms with Gasteiger partial charge in [0.1, 0.15) is 10.6 Å². The van der Waals surface area contributed by atoms with Crippen LogP contribution in [0.4, 0.5) is 5.69 Å². The van der Waals surface area contributed by atoms with Gasteiger partial charge in [0.15, 0.2) is 0 Å². The van der Waals surface area contributed by atoms with Crippen LogP contribution in [0.15, 0.2) is 47.4 Å². The smallest absolute Gasteiger partial charge is 0.265 e. The topological polar surface area (TPSA) is 81.4 Å². The molecule has 0 spiro atoms. The number of nitrogens with two attached hydrogens (primary N) is 1. The molecule has 0 bridgehead atoms. The van der Waals surface area contributed by atoms with Crippen LogP contribution in [-0.2, 0) is 16.6 Å². The highest BCUT2D eigenvalue weighted by Crippen LogP contribution is 2.27. The summed E-state index contributed by atoms with van der Waals surface area (Å²) in [7, 11) is -2.28. The number of halogens is 1. The second-order valence-corrected chi connectivity index (χ2v) is 7.20. The zero-order valence-electron chi connectivity index (χ0n) is 11.3. The summed E-state index contributed by atoms with van der Waals surface area (Å²) in [6.07, 6.45) is 0. The first-order valence-electron chi connectivity index (χ1n) is 6.11. The number of benzene rings is 2. The van der Waals surface area contributed by atoms with Crippen LogP contribution in [-0.4, -0.2) is 15.5 Å². The van der Waals surface area contributed by atoms with E-state index in [0.717, 1.165) is 9.13 Å². The first kappa shape index (κ1) is 16.1. The predicted octanol–water partition coefficient (Wildman–Crippen LogP) is 2.56. The van der Waals surface area contributed by atoms with Crippen molar-refractivity contribution in [3.05, 3.63) is 51.6 Å². The van der Waals surface area contributed by atoms with Crippen LogP contribution in [0.25, 0.3) is 0 Å². The van der Waals surface area contributed by atoms with Gasteiger partial charge in [-0.05, 0) is 64.6 Å². The minimum absolute atomic E-state index is 0.0840. The SMILES string of the molecule is COc1cc(CN)ccc1S(=O)(=O)Nc1ccc(I)cc1. The summed E-state index contributed by atoms with van der Waals surface area (Å²) >= 11 is 2.16. The van der Waals surface area contributed by atoms with Gasteiger partial charge in [-0.3, -0.25) is 4.72 Å². The minimum atomic E-state index is -3.71. The lowest BCUT2D eigenvalue weighted by Gasteiger charge is -2.12. The fraction of sp³-hybridized carbons (Fsp3) is 0.143. The molecule has 2 rings (SSSR count). The molecule has 0 fully saturated rings. The highest BCUT2D eigenvalue weighted by molar-refractivity contribution is 14.1. The third-order valence-electron chi connectivity index (χ3n) is 2.85. The molecule has 0 saturated heterocycles. The number of hydrogen-bond donors (Lipinski definition) is 2. The molecular weight excluding hydrogens is 403 g/mol. The van der Waals surface area contributed by atoms with E-state index >= 15 is 0 Å². The summed E-state index contributed by atoms with van der Waals surface area (Å²) < 4.78 is 33.6. The van der Waals surface area contributed by atoms with Crippen molar-refractivity contribution < 1.29 is 13.2 Å². The van der Waals surface area contributed by atoms with Crippen molar-refractivity contribution >= 4 is 38.3 Å². The molecule has 0 amide bonds. The molecule has 0 radical (unpaired) electrons. The summed E-state index contributed by atoms with van der Waals surface area (Å²) in [5.41, 5.74) is 6.85. The molecule has 0 heterocycles. The lowest BCUT2D eigenvalue weighted by molar-refractivity contribution is 0.402. The van der Waals surface area contributed by atoms with E-state index in [1.807, 2.05) is 12.1 Å². The number of sulfonamides is 1. The van der Waals surface area contributed by atoms with Crippen LogP contribution in [0.3, 0.4) is 0 Å². The molecule has 2 aromatic rings. The maximum atomic E-state index is 12.4. The lowest BCUT2D eigenvalue weighted by atomic mass is 10.2. The third kappa shape index (κ3) is 3.86. The van der Waals surface area contributed by atoms with Crippen LogP contribution in [0.2, 0.25) is 0 Å². The highest BCUT2D eigenvalue weighted by atomic mass is 127. The Kier molecular flexibility index (Phi) is 5.07. The van der Waals surface area contributed by atoms with E-state index in [9.17, 15) is 8.42 Å². The van der Waals surface area contributed by atoms with Gasteiger partial charge in [0.2, 0.25) is 0 Å². The van der Waals surface area contributed by atoms with Crippen LogP contribution >= 0.6 is 22.6 Å².